The van der Waals surface area contributed by atoms with Gasteiger partial charge in [0, 0.05) is 11.6 Å². The van der Waals surface area contributed by atoms with Gasteiger partial charge in [0.1, 0.15) is 0 Å². The van der Waals surface area contributed by atoms with E-state index in [1.54, 1.807) is 0 Å². The Balaban J connectivity index is 2.12. The number of hydrogen-bond donors (Lipinski definition) is 0. The highest BCUT2D eigenvalue weighted by Crippen LogP contribution is 2.35. The van der Waals surface area contributed by atoms with Crippen molar-refractivity contribution in [3.8, 4) is 0 Å². The first-order valence-electron chi connectivity index (χ1n) is 5.48. The summed E-state index contributed by atoms with van der Waals surface area (Å²) in [5.74, 6) is -1.89. The smallest absolute Gasteiger partial charge is 0.160 e. The molecule has 5 heteroatoms. The van der Waals surface area contributed by atoms with E-state index in [4.69, 9.17) is 27.9 Å². The van der Waals surface area contributed by atoms with Gasteiger partial charge in [-0.3, -0.25) is 0 Å². The van der Waals surface area contributed by atoms with Gasteiger partial charge in [-0.15, -0.1) is 11.6 Å². The molecule has 0 bridgehead atoms. The standard InChI is InChI=1S/C12H12Cl2F2O/c13-9(4-7-2-1-3-17-7)8-5-11(15)12(16)6-10(8)14/h5-7,9H,1-4H2. The van der Waals surface area contributed by atoms with Gasteiger partial charge in [-0.25, -0.2) is 8.78 Å². The van der Waals surface area contributed by atoms with Crippen LogP contribution in [-0.2, 0) is 4.74 Å². The average molecular weight is 281 g/mol. The molecule has 2 unspecified atom stereocenters. The molecule has 94 valence electrons. The third kappa shape index (κ3) is 3.09. The van der Waals surface area contributed by atoms with Crippen molar-refractivity contribution in [1.29, 1.82) is 0 Å². The minimum Gasteiger partial charge on any atom is -0.378 e. The number of rotatable bonds is 3. The largest absolute Gasteiger partial charge is 0.378 e. The van der Waals surface area contributed by atoms with Gasteiger partial charge in [0.15, 0.2) is 11.6 Å². The van der Waals surface area contributed by atoms with Crippen molar-refractivity contribution in [3.05, 3.63) is 34.4 Å². The van der Waals surface area contributed by atoms with Crippen LogP contribution in [0.5, 0.6) is 0 Å². The predicted octanol–water partition coefficient (Wildman–Crippen LogP) is 4.47. The summed E-state index contributed by atoms with van der Waals surface area (Å²) in [4.78, 5) is 0. The molecular weight excluding hydrogens is 269 g/mol. The van der Waals surface area contributed by atoms with E-state index in [1.807, 2.05) is 0 Å². The van der Waals surface area contributed by atoms with Crippen LogP contribution in [0.25, 0.3) is 0 Å². The monoisotopic (exact) mass is 280 g/mol. The van der Waals surface area contributed by atoms with Gasteiger partial charge in [0.05, 0.1) is 11.5 Å². The topological polar surface area (TPSA) is 9.23 Å². The van der Waals surface area contributed by atoms with Gasteiger partial charge < -0.3 is 4.74 Å². The lowest BCUT2D eigenvalue weighted by Crippen LogP contribution is -2.09. The van der Waals surface area contributed by atoms with E-state index in [2.05, 4.69) is 0 Å². The molecule has 0 N–H and O–H groups in total. The first-order valence-corrected chi connectivity index (χ1v) is 6.29. The normalized spacial score (nSPS) is 21.8. The molecular formula is C12H12Cl2F2O. The van der Waals surface area contributed by atoms with Crippen LogP contribution in [0.2, 0.25) is 5.02 Å². The molecule has 1 heterocycles. The SMILES string of the molecule is Fc1cc(Cl)c(C(Cl)CC2CCCO2)cc1F. The second-order valence-corrected chi connectivity index (χ2v) is 5.06. The van der Waals surface area contributed by atoms with E-state index in [0.717, 1.165) is 31.6 Å². The predicted molar refractivity (Wildman–Crippen MR) is 63.6 cm³/mol. The molecule has 1 nitrogen and oxygen atoms in total. The quantitative estimate of drug-likeness (QED) is 0.587. The third-order valence-electron chi connectivity index (χ3n) is 2.87. The number of alkyl halides is 1. The average Bonchev–Trinajstić information content (AvgIpc) is 2.76. The first kappa shape index (κ1) is 13.1. The summed E-state index contributed by atoms with van der Waals surface area (Å²) in [7, 11) is 0. The molecule has 1 aliphatic rings. The summed E-state index contributed by atoms with van der Waals surface area (Å²) in [5.41, 5.74) is 0.419. The molecule has 1 saturated heterocycles. The third-order valence-corrected chi connectivity index (χ3v) is 3.61. The van der Waals surface area contributed by atoms with E-state index in [9.17, 15) is 8.78 Å². The molecule has 0 aromatic heterocycles. The fourth-order valence-electron chi connectivity index (χ4n) is 1.97. The second kappa shape index (κ2) is 5.51. The van der Waals surface area contributed by atoms with Crippen molar-refractivity contribution < 1.29 is 13.5 Å². The zero-order valence-corrected chi connectivity index (χ0v) is 10.6. The minimum atomic E-state index is -0.959. The van der Waals surface area contributed by atoms with Gasteiger partial charge in [-0.05, 0) is 37.0 Å². The summed E-state index contributed by atoms with van der Waals surface area (Å²) in [6, 6.07) is 2.02. The highest BCUT2D eigenvalue weighted by atomic mass is 35.5. The Hall–Kier alpha value is -0.380. The van der Waals surface area contributed by atoms with Gasteiger partial charge in [0.2, 0.25) is 0 Å². The molecule has 1 aromatic carbocycles. The molecule has 2 atom stereocenters. The molecule has 1 aliphatic heterocycles. The number of ether oxygens (including phenoxy) is 1. The summed E-state index contributed by atoms with van der Waals surface area (Å²) in [5, 5.41) is -0.303. The maximum atomic E-state index is 13.1. The van der Waals surface area contributed by atoms with Gasteiger partial charge in [-0.1, -0.05) is 11.6 Å². The molecule has 0 amide bonds. The van der Waals surface area contributed by atoms with Crippen molar-refractivity contribution in [3.63, 3.8) is 0 Å². The van der Waals surface area contributed by atoms with E-state index >= 15 is 0 Å². The Labute approximate surface area is 109 Å². The zero-order chi connectivity index (χ0) is 12.4. The van der Waals surface area contributed by atoms with Crippen LogP contribution < -0.4 is 0 Å². The maximum Gasteiger partial charge on any atom is 0.160 e. The summed E-state index contributed by atoms with van der Waals surface area (Å²) >= 11 is 12.0. The number of halogens is 4. The molecule has 0 radical (unpaired) electrons. The molecule has 0 spiro atoms. The fourth-order valence-corrected chi connectivity index (χ4v) is 2.68. The lowest BCUT2D eigenvalue weighted by molar-refractivity contribution is 0.103. The Morgan fingerprint density at radius 3 is 2.71 bits per heavy atom. The van der Waals surface area contributed by atoms with E-state index in [1.165, 1.54) is 0 Å². The lowest BCUT2D eigenvalue weighted by atomic mass is 10.0. The Bertz CT molecular complexity index is 406. The van der Waals surface area contributed by atoms with Crippen molar-refractivity contribution in [1.82, 2.24) is 0 Å². The molecule has 1 fully saturated rings. The van der Waals surface area contributed by atoms with Gasteiger partial charge >= 0.3 is 0 Å². The van der Waals surface area contributed by atoms with E-state index in [0.29, 0.717) is 12.0 Å². The summed E-state index contributed by atoms with van der Waals surface area (Å²) in [6.07, 6.45) is 2.61. The van der Waals surface area contributed by atoms with Crippen molar-refractivity contribution >= 4 is 23.2 Å². The first-order chi connectivity index (χ1) is 8.08. The van der Waals surface area contributed by atoms with Crippen LogP contribution >= 0.6 is 23.2 Å². The van der Waals surface area contributed by atoms with Crippen LogP contribution in [0.4, 0.5) is 8.78 Å². The van der Waals surface area contributed by atoms with Gasteiger partial charge in [-0.2, -0.15) is 0 Å². The van der Waals surface area contributed by atoms with Crippen LogP contribution in [0.1, 0.15) is 30.2 Å². The zero-order valence-electron chi connectivity index (χ0n) is 9.06. The van der Waals surface area contributed by atoms with Crippen LogP contribution in [0.3, 0.4) is 0 Å². The molecule has 1 aromatic rings. The molecule has 0 aliphatic carbocycles. The van der Waals surface area contributed by atoms with E-state index < -0.39 is 17.0 Å². The Morgan fingerprint density at radius 2 is 2.06 bits per heavy atom. The van der Waals surface area contributed by atoms with Crippen LogP contribution in [0.15, 0.2) is 12.1 Å². The fraction of sp³-hybridized carbons (Fsp3) is 0.500. The maximum absolute atomic E-state index is 13.1. The molecule has 2 rings (SSSR count). The van der Waals surface area contributed by atoms with Gasteiger partial charge in [0.25, 0.3) is 0 Å². The second-order valence-electron chi connectivity index (χ2n) is 4.13. The van der Waals surface area contributed by atoms with Crippen molar-refractivity contribution in [2.24, 2.45) is 0 Å². The van der Waals surface area contributed by atoms with E-state index in [-0.39, 0.29) is 11.1 Å². The Kier molecular flexibility index (Phi) is 4.23. The number of benzene rings is 1. The summed E-state index contributed by atoms with van der Waals surface area (Å²) in [6.45, 7) is 0.736. The highest BCUT2D eigenvalue weighted by molar-refractivity contribution is 6.32. The Morgan fingerprint density at radius 1 is 1.35 bits per heavy atom. The lowest BCUT2D eigenvalue weighted by Gasteiger charge is -2.16. The molecule has 17 heavy (non-hydrogen) atoms. The number of hydrogen-bond acceptors (Lipinski definition) is 1. The van der Waals surface area contributed by atoms with Crippen LogP contribution in [0, 0.1) is 11.6 Å². The highest BCUT2D eigenvalue weighted by Gasteiger charge is 2.23. The minimum absolute atomic E-state index is 0.0849. The summed E-state index contributed by atoms with van der Waals surface area (Å²) < 4.78 is 31.5. The van der Waals surface area contributed by atoms with Crippen LogP contribution in [-0.4, -0.2) is 12.7 Å². The molecule has 0 saturated carbocycles. The van der Waals surface area contributed by atoms with Crippen molar-refractivity contribution in [2.45, 2.75) is 30.7 Å². The van der Waals surface area contributed by atoms with Crippen molar-refractivity contribution in [2.75, 3.05) is 6.61 Å².